The molecule has 1 heterocycles. The van der Waals surface area contributed by atoms with Gasteiger partial charge in [0.05, 0.1) is 24.1 Å². The van der Waals surface area contributed by atoms with Crippen molar-refractivity contribution in [2.45, 2.75) is 0 Å². The summed E-state index contributed by atoms with van der Waals surface area (Å²) in [4.78, 5) is 3.83. The minimum Gasteiger partial charge on any atom is -0.497 e. The topological polar surface area (TPSA) is 27.1 Å². The molecule has 24 heavy (non-hydrogen) atoms. The van der Waals surface area contributed by atoms with E-state index in [2.05, 4.69) is 4.98 Å². The van der Waals surface area contributed by atoms with Crippen molar-refractivity contribution in [3.63, 3.8) is 0 Å². The third-order valence-electron chi connectivity index (χ3n) is 3.35. The lowest BCUT2D eigenvalue weighted by Gasteiger charge is -2.12. The molecule has 0 spiro atoms. The van der Waals surface area contributed by atoms with Gasteiger partial charge in [0.1, 0.15) is 23.2 Å². The third kappa shape index (κ3) is 2.83. The van der Waals surface area contributed by atoms with Crippen LogP contribution in [0.15, 0.2) is 36.4 Å². The average molecular weight is 373 g/mol. The van der Waals surface area contributed by atoms with Gasteiger partial charge in [0, 0.05) is 12.1 Å². The SMILES string of the molecule is COc1cc(F)c(-c2c(Cl)nc(Cl)n2-c2cccc(F)c2)c(F)c1. The Hall–Kier alpha value is -2.18. The van der Waals surface area contributed by atoms with Crippen molar-refractivity contribution < 1.29 is 17.9 Å². The molecule has 0 radical (unpaired) electrons. The quantitative estimate of drug-likeness (QED) is 0.625. The van der Waals surface area contributed by atoms with Crippen molar-refractivity contribution in [1.82, 2.24) is 9.55 Å². The lowest BCUT2D eigenvalue weighted by Crippen LogP contribution is -2.02. The Morgan fingerprint density at radius 2 is 1.71 bits per heavy atom. The van der Waals surface area contributed by atoms with Gasteiger partial charge in [0.2, 0.25) is 5.28 Å². The Labute approximate surface area is 145 Å². The monoisotopic (exact) mass is 372 g/mol. The first-order valence-corrected chi connectivity index (χ1v) is 7.41. The van der Waals surface area contributed by atoms with Gasteiger partial charge in [-0.1, -0.05) is 17.7 Å². The predicted octanol–water partition coefficient (Wildman–Crippen LogP) is 5.27. The van der Waals surface area contributed by atoms with Crippen LogP contribution in [0.4, 0.5) is 13.2 Å². The van der Waals surface area contributed by atoms with E-state index in [4.69, 9.17) is 27.9 Å². The molecule has 0 atom stereocenters. The first kappa shape index (κ1) is 16.7. The molecule has 0 saturated heterocycles. The maximum Gasteiger partial charge on any atom is 0.209 e. The molecule has 2 aromatic carbocycles. The molecule has 0 aliphatic carbocycles. The molecule has 3 nitrogen and oxygen atoms in total. The van der Waals surface area contributed by atoms with Crippen LogP contribution in [0.25, 0.3) is 16.9 Å². The van der Waals surface area contributed by atoms with E-state index in [-0.39, 0.29) is 27.6 Å². The number of halogens is 5. The molecule has 0 unspecified atom stereocenters. The van der Waals surface area contributed by atoms with Crippen molar-refractivity contribution in [2.24, 2.45) is 0 Å². The Bertz CT molecular complexity index is 905. The van der Waals surface area contributed by atoms with Crippen LogP contribution in [0.1, 0.15) is 0 Å². The number of imidazole rings is 1. The van der Waals surface area contributed by atoms with Crippen LogP contribution < -0.4 is 4.74 Å². The van der Waals surface area contributed by atoms with E-state index in [1.807, 2.05) is 0 Å². The number of hydrogen-bond acceptors (Lipinski definition) is 2. The molecule has 0 amide bonds. The summed E-state index contributed by atoms with van der Waals surface area (Å²) in [7, 11) is 1.29. The summed E-state index contributed by atoms with van der Waals surface area (Å²) in [6.07, 6.45) is 0. The van der Waals surface area contributed by atoms with Gasteiger partial charge in [0.25, 0.3) is 0 Å². The van der Waals surface area contributed by atoms with Crippen molar-refractivity contribution in [3.05, 3.63) is 64.3 Å². The third-order valence-corrected chi connectivity index (χ3v) is 3.87. The molecule has 1 aromatic heterocycles. The molecule has 0 aliphatic heterocycles. The van der Waals surface area contributed by atoms with Crippen LogP contribution in [0, 0.1) is 17.5 Å². The summed E-state index contributed by atoms with van der Waals surface area (Å²) in [6, 6.07) is 7.32. The van der Waals surface area contributed by atoms with Crippen LogP contribution in [0.3, 0.4) is 0 Å². The molecule has 124 valence electrons. The summed E-state index contributed by atoms with van der Waals surface area (Å²) in [6.45, 7) is 0. The molecule has 3 rings (SSSR count). The van der Waals surface area contributed by atoms with Crippen molar-refractivity contribution in [2.75, 3.05) is 7.11 Å². The zero-order chi connectivity index (χ0) is 17.4. The van der Waals surface area contributed by atoms with Gasteiger partial charge >= 0.3 is 0 Å². The normalized spacial score (nSPS) is 10.9. The smallest absolute Gasteiger partial charge is 0.209 e. The Morgan fingerprint density at radius 3 is 2.29 bits per heavy atom. The first-order chi connectivity index (χ1) is 11.4. The standard InChI is InChI=1S/C16H9Cl2F3N2O/c1-24-10-6-11(20)13(12(21)7-10)14-15(17)22-16(18)23(14)9-4-2-3-8(19)5-9/h2-7H,1H3. The molecule has 8 heteroatoms. The number of hydrogen-bond donors (Lipinski definition) is 0. The van der Waals surface area contributed by atoms with E-state index < -0.39 is 23.0 Å². The van der Waals surface area contributed by atoms with Crippen molar-refractivity contribution in [1.29, 1.82) is 0 Å². The summed E-state index contributed by atoms with van der Waals surface area (Å²) in [5.41, 5.74) is -0.335. The predicted molar refractivity (Wildman–Crippen MR) is 85.4 cm³/mol. The zero-order valence-corrected chi connectivity index (χ0v) is 13.7. The second-order valence-electron chi connectivity index (χ2n) is 4.80. The van der Waals surface area contributed by atoms with Gasteiger partial charge in [-0.25, -0.2) is 18.2 Å². The molecule has 0 fully saturated rings. The van der Waals surface area contributed by atoms with E-state index in [9.17, 15) is 13.2 Å². The van der Waals surface area contributed by atoms with Gasteiger partial charge in [0.15, 0.2) is 5.15 Å². The van der Waals surface area contributed by atoms with Crippen molar-refractivity contribution >= 4 is 23.2 Å². The number of rotatable bonds is 3. The van der Waals surface area contributed by atoms with Crippen LogP contribution in [-0.4, -0.2) is 16.7 Å². The number of nitrogens with zero attached hydrogens (tertiary/aromatic N) is 2. The minimum atomic E-state index is -0.914. The van der Waals surface area contributed by atoms with Crippen LogP contribution in [-0.2, 0) is 0 Å². The summed E-state index contributed by atoms with van der Waals surface area (Å²) >= 11 is 12.0. The van der Waals surface area contributed by atoms with Gasteiger partial charge in [-0.2, -0.15) is 0 Å². The Balaban J connectivity index is 2.31. The molecular weight excluding hydrogens is 364 g/mol. The minimum absolute atomic E-state index is 0.00721. The number of methoxy groups -OCH3 is 1. The van der Waals surface area contributed by atoms with E-state index in [0.717, 1.165) is 18.2 Å². The highest BCUT2D eigenvalue weighted by Gasteiger charge is 2.24. The van der Waals surface area contributed by atoms with E-state index in [0.29, 0.717) is 0 Å². The summed E-state index contributed by atoms with van der Waals surface area (Å²) in [5.74, 6) is -2.37. The lowest BCUT2D eigenvalue weighted by atomic mass is 10.1. The number of benzene rings is 2. The fraction of sp³-hybridized carbons (Fsp3) is 0.0625. The molecule has 0 N–H and O–H groups in total. The highest BCUT2D eigenvalue weighted by atomic mass is 35.5. The fourth-order valence-electron chi connectivity index (χ4n) is 2.33. The zero-order valence-electron chi connectivity index (χ0n) is 12.2. The number of aromatic nitrogens is 2. The van der Waals surface area contributed by atoms with Crippen LogP contribution >= 0.6 is 23.2 Å². The summed E-state index contributed by atoms with van der Waals surface area (Å²) in [5, 5.41) is -0.373. The average Bonchev–Trinajstić information content (AvgIpc) is 2.81. The molecule has 0 bridgehead atoms. The second-order valence-corrected chi connectivity index (χ2v) is 5.50. The largest absolute Gasteiger partial charge is 0.497 e. The van der Waals surface area contributed by atoms with E-state index in [1.165, 1.54) is 29.9 Å². The van der Waals surface area contributed by atoms with Gasteiger partial charge in [-0.3, -0.25) is 4.57 Å². The Morgan fingerprint density at radius 1 is 1.04 bits per heavy atom. The van der Waals surface area contributed by atoms with Gasteiger partial charge in [-0.05, 0) is 29.8 Å². The van der Waals surface area contributed by atoms with Crippen LogP contribution in [0.2, 0.25) is 10.4 Å². The summed E-state index contributed by atoms with van der Waals surface area (Å²) < 4.78 is 48.3. The molecule has 3 aromatic rings. The molecule has 0 aliphatic rings. The van der Waals surface area contributed by atoms with E-state index >= 15 is 0 Å². The Kier molecular flexibility index (Phi) is 4.43. The fourth-order valence-corrected chi connectivity index (χ4v) is 2.90. The van der Waals surface area contributed by atoms with Gasteiger partial charge < -0.3 is 4.74 Å². The van der Waals surface area contributed by atoms with Gasteiger partial charge in [-0.15, -0.1) is 0 Å². The highest BCUT2D eigenvalue weighted by molar-refractivity contribution is 6.34. The molecule has 0 saturated carbocycles. The van der Waals surface area contributed by atoms with E-state index in [1.54, 1.807) is 0 Å². The maximum absolute atomic E-state index is 14.4. The molecular formula is C16H9Cl2F3N2O. The van der Waals surface area contributed by atoms with Crippen LogP contribution in [0.5, 0.6) is 5.75 Å². The highest BCUT2D eigenvalue weighted by Crippen LogP contribution is 2.38. The first-order valence-electron chi connectivity index (χ1n) is 6.65. The maximum atomic E-state index is 14.4. The van der Waals surface area contributed by atoms with Crippen molar-refractivity contribution in [3.8, 4) is 22.7 Å². The lowest BCUT2D eigenvalue weighted by molar-refractivity contribution is 0.407. The second kappa shape index (κ2) is 6.37. The number of ether oxygens (including phenoxy) is 1.